The lowest BCUT2D eigenvalue weighted by Gasteiger charge is -2.37. The Labute approximate surface area is 145 Å². The quantitative estimate of drug-likeness (QED) is 0.820. The van der Waals surface area contributed by atoms with Crippen molar-refractivity contribution in [2.75, 3.05) is 25.0 Å². The van der Waals surface area contributed by atoms with Crippen LogP contribution in [0.15, 0.2) is 34.9 Å². The molecule has 3 nitrogen and oxygen atoms in total. The molecule has 2 heterocycles. The van der Waals surface area contributed by atoms with Crippen molar-refractivity contribution in [2.24, 2.45) is 0 Å². The molecule has 0 amide bonds. The predicted molar refractivity (Wildman–Crippen MR) is 99.6 cm³/mol. The number of rotatable bonds is 6. The Morgan fingerprint density at radius 1 is 1.17 bits per heavy atom. The molecule has 0 spiro atoms. The van der Waals surface area contributed by atoms with Crippen LogP contribution in [0.3, 0.4) is 0 Å². The molecule has 3 heteroatoms. The third-order valence-electron chi connectivity index (χ3n) is 5.63. The fraction of sp³-hybridized carbons (Fsp3) is 0.524. The maximum Gasteiger partial charge on any atom is 0.134 e. The molecule has 24 heavy (non-hydrogen) atoms. The van der Waals surface area contributed by atoms with Crippen LogP contribution in [0.25, 0.3) is 11.3 Å². The van der Waals surface area contributed by atoms with E-state index in [1.807, 2.05) is 6.07 Å². The van der Waals surface area contributed by atoms with E-state index in [1.54, 1.807) is 11.8 Å². The van der Waals surface area contributed by atoms with Crippen LogP contribution in [-0.2, 0) is 6.42 Å². The third-order valence-corrected chi connectivity index (χ3v) is 5.63. The van der Waals surface area contributed by atoms with Gasteiger partial charge in [0, 0.05) is 29.8 Å². The Morgan fingerprint density at radius 2 is 2.00 bits per heavy atom. The molecule has 2 atom stereocenters. The smallest absolute Gasteiger partial charge is 0.134 e. The van der Waals surface area contributed by atoms with Gasteiger partial charge in [-0.25, -0.2) is 0 Å². The minimum atomic E-state index is 0.653. The lowest BCUT2D eigenvalue weighted by molar-refractivity contribution is 0.172. The van der Waals surface area contributed by atoms with Crippen LogP contribution in [0, 0.1) is 0 Å². The second kappa shape index (κ2) is 6.64. The zero-order valence-corrected chi connectivity index (χ0v) is 14.8. The molecule has 1 N–H and O–H groups in total. The Kier molecular flexibility index (Phi) is 4.36. The van der Waals surface area contributed by atoms with Crippen molar-refractivity contribution in [2.45, 2.75) is 51.5 Å². The molecule has 4 rings (SSSR count). The summed E-state index contributed by atoms with van der Waals surface area (Å²) >= 11 is 0. The highest BCUT2D eigenvalue weighted by Crippen LogP contribution is 2.46. The molecule has 0 bridgehead atoms. The number of furan rings is 1. The van der Waals surface area contributed by atoms with Gasteiger partial charge in [0.25, 0.3) is 0 Å². The number of hydrogen-bond acceptors (Lipinski definition) is 3. The summed E-state index contributed by atoms with van der Waals surface area (Å²) in [6.45, 7) is 8.10. The molecule has 1 aromatic heterocycles. The Bertz CT molecular complexity index is 686. The van der Waals surface area contributed by atoms with Gasteiger partial charge in [0.15, 0.2) is 0 Å². The van der Waals surface area contributed by atoms with Crippen molar-refractivity contribution in [1.29, 1.82) is 0 Å². The van der Waals surface area contributed by atoms with E-state index in [4.69, 9.17) is 4.42 Å². The van der Waals surface area contributed by atoms with Gasteiger partial charge < -0.3 is 14.6 Å². The fourth-order valence-corrected chi connectivity index (χ4v) is 4.68. The number of benzene rings is 1. The van der Waals surface area contributed by atoms with Gasteiger partial charge in [0.05, 0.1) is 6.26 Å². The largest absolute Gasteiger partial charge is 0.464 e. The van der Waals surface area contributed by atoms with Crippen molar-refractivity contribution in [3.05, 3.63) is 41.7 Å². The summed E-state index contributed by atoms with van der Waals surface area (Å²) in [4.78, 5) is 2.72. The molecule has 1 aliphatic carbocycles. The number of nitrogens with zero attached hydrogens (tertiary/aromatic N) is 1. The Balaban J connectivity index is 1.73. The molecular weight excluding hydrogens is 296 g/mol. The summed E-state index contributed by atoms with van der Waals surface area (Å²) in [5.74, 6) is 1.66. The normalized spacial score (nSPS) is 21.8. The summed E-state index contributed by atoms with van der Waals surface area (Å²) in [6, 6.07) is 9.23. The Morgan fingerprint density at radius 3 is 2.71 bits per heavy atom. The van der Waals surface area contributed by atoms with Gasteiger partial charge in [0.2, 0.25) is 0 Å². The highest BCUT2D eigenvalue weighted by molar-refractivity contribution is 5.74. The van der Waals surface area contributed by atoms with Crippen LogP contribution in [0.1, 0.15) is 50.2 Å². The zero-order valence-electron chi connectivity index (χ0n) is 14.8. The van der Waals surface area contributed by atoms with Crippen molar-refractivity contribution >= 4 is 5.69 Å². The maximum atomic E-state index is 5.74. The second-order valence-electron chi connectivity index (χ2n) is 7.24. The fourth-order valence-electron chi connectivity index (χ4n) is 4.68. The first kappa shape index (κ1) is 15.8. The van der Waals surface area contributed by atoms with Crippen LogP contribution in [0.2, 0.25) is 0 Å². The molecular formula is C21H28N2O. The summed E-state index contributed by atoms with van der Waals surface area (Å²) < 4.78 is 5.74. The molecule has 0 radical (unpaired) electrons. The average Bonchev–Trinajstić information content (AvgIpc) is 3.26. The van der Waals surface area contributed by atoms with E-state index in [0.29, 0.717) is 12.0 Å². The molecule has 0 unspecified atom stereocenters. The lowest BCUT2D eigenvalue weighted by atomic mass is 9.78. The molecule has 2 aromatic rings. The van der Waals surface area contributed by atoms with Crippen LogP contribution in [0.4, 0.5) is 5.69 Å². The molecule has 0 saturated heterocycles. The van der Waals surface area contributed by atoms with E-state index >= 15 is 0 Å². The first-order valence-electron chi connectivity index (χ1n) is 9.49. The van der Waals surface area contributed by atoms with E-state index in [2.05, 4.69) is 42.3 Å². The van der Waals surface area contributed by atoms with E-state index in [9.17, 15) is 0 Å². The van der Waals surface area contributed by atoms with Crippen molar-refractivity contribution in [3.63, 3.8) is 0 Å². The molecule has 128 valence electrons. The van der Waals surface area contributed by atoms with Gasteiger partial charge in [-0.1, -0.05) is 13.8 Å². The van der Waals surface area contributed by atoms with Gasteiger partial charge in [-0.15, -0.1) is 0 Å². The molecule has 2 aliphatic rings. The third kappa shape index (κ3) is 2.65. The van der Waals surface area contributed by atoms with E-state index in [1.165, 1.54) is 49.2 Å². The maximum absolute atomic E-state index is 5.74. The highest BCUT2D eigenvalue weighted by atomic mass is 16.3. The topological polar surface area (TPSA) is 28.4 Å². The van der Waals surface area contributed by atoms with E-state index in [0.717, 1.165) is 18.7 Å². The van der Waals surface area contributed by atoms with E-state index < -0.39 is 0 Å². The monoisotopic (exact) mass is 324 g/mol. The number of nitrogens with one attached hydrogen (secondary N) is 1. The molecule has 0 saturated carbocycles. The van der Waals surface area contributed by atoms with Gasteiger partial charge in [-0.3, -0.25) is 0 Å². The average molecular weight is 324 g/mol. The highest BCUT2D eigenvalue weighted by Gasteiger charge is 2.36. The summed E-state index contributed by atoms with van der Waals surface area (Å²) in [5.41, 5.74) is 5.73. The summed E-state index contributed by atoms with van der Waals surface area (Å²) in [6.07, 6.45) is 6.69. The zero-order chi connectivity index (χ0) is 16.5. The molecule has 0 fully saturated rings. The first-order chi connectivity index (χ1) is 11.8. The van der Waals surface area contributed by atoms with Gasteiger partial charge in [0.1, 0.15) is 5.76 Å². The number of hydrogen-bond donors (Lipinski definition) is 1. The van der Waals surface area contributed by atoms with Crippen LogP contribution >= 0.6 is 0 Å². The second-order valence-corrected chi connectivity index (χ2v) is 7.24. The standard InChI is InChI=1S/C21H28N2O/c1-3-9-23(10-4-2)16-12-15-14-22-19-8-7-17(18(13-16)21(15)19)20-6-5-11-24-20/h5-8,11,15-16,22H,3-4,9-10,12-14H2,1-2H3/t15-,16-/m0/s1. The number of anilines is 1. The summed E-state index contributed by atoms with van der Waals surface area (Å²) in [7, 11) is 0. The van der Waals surface area contributed by atoms with Crippen molar-refractivity contribution < 1.29 is 4.42 Å². The molecule has 1 aromatic carbocycles. The van der Waals surface area contributed by atoms with Crippen molar-refractivity contribution in [3.8, 4) is 11.3 Å². The lowest BCUT2D eigenvalue weighted by Crippen LogP contribution is -2.41. The van der Waals surface area contributed by atoms with Gasteiger partial charge >= 0.3 is 0 Å². The minimum Gasteiger partial charge on any atom is -0.464 e. The Hall–Kier alpha value is -1.74. The SMILES string of the molecule is CCCN(CCC)[C@@H]1Cc2c(-c3ccco3)ccc3c2[C@H](CN3)C1. The van der Waals surface area contributed by atoms with E-state index in [-0.39, 0.29) is 0 Å². The predicted octanol–water partition coefficient (Wildman–Crippen LogP) is 4.89. The van der Waals surface area contributed by atoms with Crippen LogP contribution < -0.4 is 5.32 Å². The molecule has 1 aliphatic heterocycles. The first-order valence-corrected chi connectivity index (χ1v) is 9.49. The van der Waals surface area contributed by atoms with Crippen LogP contribution in [-0.4, -0.2) is 30.6 Å². The summed E-state index contributed by atoms with van der Waals surface area (Å²) in [5, 5.41) is 3.63. The van der Waals surface area contributed by atoms with Gasteiger partial charge in [-0.05, 0) is 74.2 Å². The van der Waals surface area contributed by atoms with Gasteiger partial charge in [-0.2, -0.15) is 0 Å². The van der Waals surface area contributed by atoms with Crippen molar-refractivity contribution in [1.82, 2.24) is 4.90 Å². The van der Waals surface area contributed by atoms with Crippen LogP contribution in [0.5, 0.6) is 0 Å². The minimum absolute atomic E-state index is 0.653.